The first kappa shape index (κ1) is 21.8. The van der Waals surface area contributed by atoms with Crippen LogP contribution in [-0.2, 0) is 9.53 Å². The van der Waals surface area contributed by atoms with Gasteiger partial charge in [-0.15, -0.1) is 0 Å². The first-order valence-electron chi connectivity index (χ1n) is 10.2. The first-order chi connectivity index (χ1) is 14.5. The number of benzene rings is 2. The standard InChI is InChI=1S/C23H29FN4O2/c1-16-8-10-17(11-9-16)22-18(5-4-12-30-22)14-26-23(25-2)27-15-21(29)28-20-7-3-6-19(24)13-20/h3,6-11,13,18,22H,4-5,12,14-15H2,1-2H3,(H,28,29)(H2,25,26,27). The Morgan fingerprint density at radius 3 is 2.73 bits per heavy atom. The number of hydrogen-bond donors (Lipinski definition) is 3. The minimum atomic E-state index is -0.393. The Morgan fingerprint density at radius 1 is 1.20 bits per heavy atom. The van der Waals surface area contributed by atoms with E-state index in [0.717, 1.165) is 19.4 Å². The molecule has 6 nitrogen and oxygen atoms in total. The number of carbonyl (C=O) groups is 1. The zero-order chi connectivity index (χ0) is 21.3. The van der Waals surface area contributed by atoms with Crippen molar-refractivity contribution in [3.8, 4) is 0 Å². The van der Waals surface area contributed by atoms with Gasteiger partial charge in [0, 0.05) is 31.8 Å². The van der Waals surface area contributed by atoms with Crippen LogP contribution in [0.1, 0.15) is 30.1 Å². The molecule has 1 aliphatic rings. The lowest BCUT2D eigenvalue weighted by atomic mass is 9.89. The van der Waals surface area contributed by atoms with Crippen molar-refractivity contribution in [3.63, 3.8) is 0 Å². The molecule has 7 heteroatoms. The van der Waals surface area contributed by atoms with Crippen LogP contribution in [0.3, 0.4) is 0 Å². The SMILES string of the molecule is CN=C(NCC(=O)Nc1cccc(F)c1)NCC1CCCOC1c1ccc(C)cc1. The number of rotatable bonds is 6. The predicted molar refractivity (Wildman–Crippen MR) is 117 cm³/mol. The maximum atomic E-state index is 13.2. The summed E-state index contributed by atoms with van der Waals surface area (Å²) in [5.74, 6) is 0.178. The lowest BCUT2D eigenvalue weighted by Gasteiger charge is -2.32. The zero-order valence-electron chi connectivity index (χ0n) is 17.5. The normalized spacial score (nSPS) is 19.2. The molecule has 3 N–H and O–H groups in total. The lowest BCUT2D eigenvalue weighted by molar-refractivity contribution is -0.115. The Balaban J connectivity index is 1.50. The number of nitrogens with zero attached hydrogens (tertiary/aromatic N) is 1. The molecule has 1 heterocycles. The van der Waals surface area contributed by atoms with Crippen molar-refractivity contribution in [1.29, 1.82) is 0 Å². The quantitative estimate of drug-likeness (QED) is 0.502. The molecule has 1 amide bonds. The maximum Gasteiger partial charge on any atom is 0.243 e. The van der Waals surface area contributed by atoms with Gasteiger partial charge in [-0.1, -0.05) is 35.9 Å². The van der Waals surface area contributed by atoms with Gasteiger partial charge < -0.3 is 20.7 Å². The second kappa shape index (κ2) is 10.7. The Kier molecular flexibility index (Phi) is 7.79. The van der Waals surface area contributed by atoms with Crippen molar-refractivity contribution in [2.24, 2.45) is 10.9 Å². The summed E-state index contributed by atoms with van der Waals surface area (Å²) >= 11 is 0. The molecule has 3 rings (SSSR count). The van der Waals surface area contributed by atoms with Gasteiger partial charge in [-0.05, 0) is 43.5 Å². The molecular formula is C23H29FN4O2. The zero-order valence-corrected chi connectivity index (χ0v) is 17.5. The smallest absolute Gasteiger partial charge is 0.243 e. The number of amides is 1. The van der Waals surface area contributed by atoms with Crippen LogP contribution in [0.4, 0.5) is 10.1 Å². The van der Waals surface area contributed by atoms with Crippen LogP contribution in [0, 0.1) is 18.7 Å². The largest absolute Gasteiger partial charge is 0.373 e. The van der Waals surface area contributed by atoms with Gasteiger partial charge in [0.2, 0.25) is 5.91 Å². The predicted octanol–water partition coefficient (Wildman–Crippen LogP) is 3.41. The van der Waals surface area contributed by atoms with E-state index in [4.69, 9.17) is 4.74 Å². The molecule has 1 saturated heterocycles. The van der Waals surface area contributed by atoms with E-state index in [0.29, 0.717) is 24.1 Å². The number of nitrogens with one attached hydrogen (secondary N) is 3. The molecule has 2 aromatic carbocycles. The minimum Gasteiger partial charge on any atom is -0.373 e. The van der Waals surface area contributed by atoms with Gasteiger partial charge in [-0.3, -0.25) is 9.79 Å². The van der Waals surface area contributed by atoms with Crippen LogP contribution in [-0.4, -0.2) is 38.6 Å². The van der Waals surface area contributed by atoms with Crippen molar-refractivity contribution in [3.05, 3.63) is 65.5 Å². The number of ether oxygens (including phenoxy) is 1. The second-order valence-corrected chi connectivity index (χ2v) is 7.47. The third-order valence-electron chi connectivity index (χ3n) is 5.13. The third-order valence-corrected chi connectivity index (χ3v) is 5.13. The number of carbonyl (C=O) groups excluding carboxylic acids is 1. The third kappa shape index (κ3) is 6.29. The Bertz CT molecular complexity index is 870. The van der Waals surface area contributed by atoms with Gasteiger partial charge in [0.1, 0.15) is 5.82 Å². The van der Waals surface area contributed by atoms with Crippen LogP contribution in [0.25, 0.3) is 0 Å². The fourth-order valence-corrected chi connectivity index (χ4v) is 3.56. The molecule has 0 aromatic heterocycles. The fraction of sp³-hybridized carbons (Fsp3) is 0.391. The molecule has 1 fully saturated rings. The lowest BCUT2D eigenvalue weighted by Crippen LogP contribution is -2.44. The molecule has 0 spiro atoms. The molecule has 30 heavy (non-hydrogen) atoms. The van der Waals surface area contributed by atoms with Gasteiger partial charge in [0.25, 0.3) is 0 Å². The van der Waals surface area contributed by atoms with Crippen molar-refractivity contribution >= 4 is 17.6 Å². The van der Waals surface area contributed by atoms with Crippen LogP contribution >= 0.6 is 0 Å². The molecular weight excluding hydrogens is 383 g/mol. The molecule has 2 atom stereocenters. The van der Waals surface area contributed by atoms with Crippen molar-refractivity contribution in [1.82, 2.24) is 10.6 Å². The van der Waals surface area contributed by atoms with Crippen LogP contribution in [0.15, 0.2) is 53.5 Å². The van der Waals surface area contributed by atoms with E-state index >= 15 is 0 Å². The first-order valence-corrected chi connectivity index (χ1v) is 10.2. The number of anilines is 1. The summed E-state index contributed by atoms with van der Waals surface area (Å²) in [5, 5.41) is 8.95. The molecule has 0 radical (unpaired) electrons. The van der Waals surface area contributed by atoms with E-state index in [1.165, 1.54) is 23.3 Å². The summed E-state index contributed by atoms with van der Waals surface area (Å²) in [6, 6.07) is 14.3. The Morgan fingerprint density at radius 2 is 2.00 bits per heavy atom. The molecule has 160 valence electrons. The molecule has 2 unspecified atom stereocenters. The average Bonchev–Trinajstić information content (AvgIpc) is 2.75. The van der Waals surface area contributed by atoms with Crippen LogP contribution < -0.4 is 16.0 Å². The van der Waals surface area contributed by atoms with Crippen molar-refractivity contribution in [2.75, 3.05) is 32.1 Å². The fourth-order valence-electron chi connectivity index (χ4n) is 3.56. The summed E-state index contributed by atoms with van der Waals surface area (Å²) < 4.78 is 19.3. The van der Waals surface area contributed by atoms with E-state index in [9.17, 15) is 9.18 Å². The van der Waals surface area contributed by atoms with Gasteiger partial charge in [0.05, 0.1) is 12.6 Å². The molecule has 0 saturated carbocycles. The highest BCUT2D eigenvalue weighted by Gasteiger charge is 2.27. The number of aliphatic imine (C=N–C) groups is 1. The second-order valence-electron chi connectivity index (χ2n) is 7.47. The highest BCUT2D eigenvalue weighted by Crippen LogP contribution is 2.33. The van der Waals surface area contributed by atoms with Gasteiger partial charge in [0.15, 0.2) is 5.96 Å². The van der Waals surface area contributed by atoms with Crippen LogP contribution in [0.5, 0.6) is 0 Å². The summed E-state index contributed by atoms with van der Waals surface area (Å²) in [5.41, 5.74) is 2.83. The number of guanidine groups is 1. The topological polar surface area (TPSA) is 74.8 Å². The monoisotopic (exact) mass is 412 g/mol. The number of hydrogen-bond acceptors (Lipinski definition) is 3. The van der Waals surface area contributed by atoms with Crippen LogP contribution in [0.2, 0.25) is 0 Å². The number of aryl methyl sites for hydroxylation is 1. The average molecular weight is 413 g/mol. The van der Waals surface area contributed by atoms with Crippen molar-refractivity contribution < 1.29 is 13.9 Å². The summed E-state index contributed by atoms with van der Waals surface area (Å²) in [6.45, 7) is 3.55. The minimum absolute atomic E-state index is 0.0265. The van der Waals surface area contributed by atoms with E-state index in [1.54, 1.807) is 19.2 Å². The number of halogens is 1. The summed E-state index contributed by atoms with van der Waals surface area (Å²) in [6.07, 6.45) is 2.13. The van der Waals surface area contributed by atoms with E-state index < -0.39 is 5.82 Å². The van der Waals surface area contributed by atoms with Gasteiger partial charge in [-0.2, -0.15) is 0 Å². The Hall–Kier alpha value is -2.93. The molecule has 0 aliphatic carbocycles. The Labute approximate surface area is 176 Å². The molecule has 0 bridgehead atoms. The van der Waals surface area contributed by atoms with Crippen molar-refractivity contribution in [2.45, 2.75) is 25.9 Å². The summed E-state index contributed by atoms with van der Waals surface area (Å²) in [7, 11) is 1.66. The summed E-state index contributed by atoms with van der Waals surface area (Å²) in [4.78, 5) is 16.3. The molecule has 1 aliphatic heterocycles. The van der Waals surface area contributed by atoms with Gasteiger partial charge >= 0.3 is 0 Å². The maximum absolute atomic E-state index is 13.2. The van der Waals surface area contributed by atoms with Gasteiger partial charge in [-0.25, -0.2) is 4.39 Å². The highest BCUT2D eigenvalue weighted by molar-refractivity contribution is 5.94. The van der Waals surface area contributed by atoms with E-state index in [1.807, 2.05) is 0 Å². The van der Waals surface area contributed by atoms with E-state index in [2.05, 4.69) is 52.1 Å². The van der Waals surface area contributed by atoms with E-state index in [-0.39, 0.29) is 18.6 Å². The molecule has 2 aromatic rings. The highest BCUT2D eigenvalue weighted by atomic mass is 19.1.